The van der Waals surface area contributed by atoms with E-state index in [1.807, 2.05) is 12.2 Å². The topological polar surface area (TPSA) is 55.4 Å². The van der Waals surface area contributed by atoms with E-state index in [-0.39, 0.29) is 17.0 Å². The molecule has 1 N–H and O–H groups in total. The smallest absolute Gasteiger partial charge is 0.209 e. The lowest BCUT2D eigenvalue weighted by Crippen LogP contribution is -2.53. The van der Waals surface area contributed by atoms with E-state index in [2.05, 4.69) is 44.3 Å². The van der Waals surface area contributed by atoms with E-state index in [1.54, 1.807) is 36.4 Å². The molecule has 0 saturated heterocycles. The van der Waals surface area contributed by atoms with Gasteiger partial charge >= 0.3 is 0 Å². The first kappa shape index (κ1) is 18.1. The van der Waals surface area contributed by atoms with E-state index in [1.165, 1.54) is 11.1 Å². The summed E-state index contributed by atoms with van der Waals surface area (Å²) < 4.78 is 6.59. The normalized spacial score (nSPS) is 21.6. The highest BCUT2D eigenvalue weighted by Crippen LogP contribution is 2.51. The first-order valence-corrected chi connectivity index (χ1v) is 10.4. The zero-order valence-corrected chi connectivity index (χ0v) is 17.6. The van der Waals surface area contributed by atoms with Crippen molar-refractivity contribution < 1.29 is 14.3 Å². The highest BCUT2D eigenvalue weighted by atomic mass is 16.5. The molecule has 0 aromatic heterocycles. The van der Waals surface area contributed by atoms with E-state index in [9.17, 15) is 9.59 Å². The van der Waals surface area contributed by atoms with Crippen molar-refractivity contribution in [3.05, 3.63) is 99.6 Å². The second-order valence-corrected chi connectivity index (χ2v) is 9.11. The molecule has 152 valence electrons. The van der Waals surface area contributed by atoms with Gasteiger partial charge in [0.25, 0.3) is 0 Å². The van der Waals surface area contributed by atoms with E-state index in [0.29, 0.717) is 28.0 Å². The Morgan fingerprint density at radius 2 is 1.52 bits per heavy atom. The third-order valence-electron chi connectivity index (χ3n) is 6.92. The first-order valence-electron chi connectivity index (χ1n) is 10.4. The highest BCUT2D eigenvalue weighted by molar-refractivity contribution is 6.28. The molecule has 1 aliphatic carbocycles. The molecule has 4 nitrogen and oxygen atoms in total. The molecule has 0 radical (unpaired) electrons. The number of carbonyl (C=O) groups is 2. The minimum absolute atomic E-state index is 0.121. The Morgan fingerprint density at radius 3 is 2.23 bits per heavy atom. The largest absolute Gasteiger partial charge is 0.463 e. The van der Waals surface area contributed by atoms with Crippen LogP contribution < -0.4 is 10.1 Å². The molecule has 1 spiro atoms. The Morgan fingerprint density at radius 1 is 0.839 bits per heavy atom. The predicted octanol–water partition coefficient (Wildman–Crippen LogP) is 5.28. The van der Waals surface area contributed by atoms with Crippen LogP contribution in [0.2, 0.25) is 0 Å². The van der Waals surface area contributed by atoms with Gasteiger partial charge < -0.3 is 10.1 Å². The average molecular weight is 407 g/mol. The van der Waals surface area contributed by atoms with Crippen LogP contribution in [0.5, 0.6) is 5.75 Å². The number of nitrogens with one attached hydrogen (secondary N) is 1. The lowest BCUT2D eigenvalue weighted by Gasteiger charge is -2.42. The Hall–Kier alpha value is -3.66. The number of ether oxygens (including phenoxy) is 1. The highest BCUT2D eigenvalue weighted by Gasteiger charge is 2.54. The van der Waals surface area contributed by atoms with Gasteiger partial charge in [0.2, 0.25) is 5.72 Å². The van der Waals surface area contributed by atoms with Crippen LogP contribution in [0, 0.1) is 6.92 Å². The summed E-state index contributed by atoms with van der Waals surface area (Å²) in [7, 11) is 0. The van der Waals surface area contributed by atoms with E-state index >= 15 is 0 Å². The van der Waals surface area contributed by atoms with Crippen LogP contribution in [0.15, 0.2) is 60.7 Å². The van der Waals surface area contributed by atoms with Crippen LogP contribution in [-0.2, 0) is 5.41 Å². The summed E-state index contributed by atoms with van der Waals surface area (Å²) in [6, 6.07) is 16.9. The second kappa shape index (κ2) is 5.73. The number of hydrogen-bond donors (Lipinski definition) is 1. The summed E-state index contributed by atoms with van der Waals surface area (Å²) in [6.07, 6.45) is 4.02. The van der Waals surface area contributed by atoms with E-state index < -0.39 is 5.72 Å². The zero-order valence-electron chi connectivity index (χ0n) is 17.6. The van der Waals surface area contributed by atoms with Crippen LogP contribution >= 0.6 is 0 Å². The fourth-order valence-electron chi connectivity index (χ4n) is 5.02. The number of benzene rings is 3. The molecule has 0 bridgehead atoms. The monoisotopic (exact) mass is 407 g/mol. The van der Waals surface area contributed by atoms with Crippen molar-refractivity contribution in [2.45, 2.75) is 31.9 Å². The van der Waals surface area contributed by atoms with Crippen molar-refractivity contribution in [1.82, 2.24) is 0 Å². The number of ketones is 2. The Balaban J connectivity index is 1.48. The summed E-state index contributed by atoms with van der Waals surface area (Å²) in [5, 5.41) is 3.56. The lowest BCUT2D eigenvalue weighted by molar-refractivity contribution is 0.0818. The summed E-state index contributed by atoms with van der Waals surface area (Å²) in [5.41, 5.74) is 4.86. The van der Waals surface area contributed by atoms with Gasteiger partial charge in [-0.25, -0.2) is 0 Å². The molecule has 31 heavy (non-hydrogen) atoms. The number of hydrogen-bond acceptors (Lipinski definition) is 4. The third kappa shape index (κ3) is 2.25. The third-order valence-corrected chi connectivity index (χ3v) is 6.92. The standard InChI is InChI=1S/C27H21NO3/c1-15-8-9-22-21(12-15)26(2,3)27(28-22)11-10-16-13-19-20(14-23(16)31-27)25(30)18-7-5-4-6-17(18)24(19)29/h4-14,28H,1-3H3. The molecule has 0 saturated carbocycles. The summed E-state index contributed by atoms with van der Waals surface area (Å²) >= 11 is 0. The van der Waals surface area contributed by atoms with E-state index in [0.717, 1.165) is 11.3 Å². The van der Waals surface area contributed by atoms with Crippen LogP contribution in [0.3, 0.4) is 0 Å². The van der Waals surface area contributed by atoms with Gasteiger partial charge in [0.15, 0.2) is 11.6 Å². The van der Waals surface area contributed by atoms with Crippen LogP contribution in [-0.4, -0.2) is 17.3 Å². The van der Waals surface area contributed by atoms with Gasteiger partial charge in [-0.1, -0.05) is 42.0 Å². The summed E-state index contributed by atoms with van der Waals surface area (Å²) in [6.45, 7) is 6.40. The van der Waals surface area contributed by atoms with Gasteiger partial charge in [-0.05, 0) is 56.7 Å². The van der Waals surface area contributed by atoms with Crippen molar-refractivity contribution in [3.8, 4) is 5.75 Å². The summed E-state index contributed by atoms with van der Waals surface area (Å²) in [5.74, 6) is 0.341. The molecular formula is C27H21NO3. The maximum atomic E-state index is 13.2. The van der Waals surface area contributed by atoms with Crippen molar-refractivity contribution in [3.63, 3.8) is 0 Å². The molecule has 3 aromatic carbocycles. The molecule has 1 unspecified atom stereocenters. The van der Waals surface area contributed by atoms with Crippen molar-refractivity contribution in [1.29, 1.82) is 0 Å². The molecule has 0 fully saturated rings. The van der Waals surface area contributed by atoms with Crippen molar-refractivity contribution in [2.75, 3.05) is 5.32 Å². The Kier molecular flexibility index (Phi) is 3.35. The van der Waals surface area contributed by atoms with Gasteiger partial charge in [-0.2, -0.15) is 0 Å². The molecule has 1 atom stereocenters. The van der Waals surface area contributed by atoms with Crippen LogP contribution in [0.25, 0.3) is 6.08 Å². The molecule has 6 rings (SSSR count). The maximum absolute atomic E-state index is 13.2. The average Bonchev–Trinajstić information content (AvgIpc) is 2.97. The van der Waals surface area contributed by atoms with Crippen LogP contribution in [0.1, 0.15) is 62.4 Å². The molecule has 4 heteroatoms. The Bertz CT molecular complexity index is 1360. The van der Waals surface area contributed by atoms with Crippen molar-refractivity contribution >= 4 is 23.3 Å². The van der Waals surface area contributed by atoms with Gasteiger partial charge in [-0.3, -0.25) is 9.59 Å². The predicted molar refractivity (Wildman–Crippen MR) is 120 cm³/mol. The number of rotatable bonds is 0. The van der Waals surface area contributed by atoms with Crippen molar-refractivity contribution in [2.24, 2.45) is 0 Å². The van der Waals surface area contributed by atoms with Gasteiger partial charge in [0, 0.05) is 33.5 Å². The molecule has 0 amide bonds. The quantitative estimate of drug-likeness (QED) is 0.431. The molecule has 2 aliphatic heterocycles. The van der Waals surface area contributed by atoms with E-state index in [4.69, 9.17) is 4.74 Å². The lowest BCUT2D eigenvalue weighted by atomic mass is 9.76. The minimum Gasteiger partial charge on any atom is -0.463 e. The number of anilines is 1. The molecule has 3 aromatic rings. The Labute approximate surface area is 180 Å². The zero-order chi connectivity index (χ0) is 21.5. The summed E-state index contributed by atoms with van der Waals surface area (Å²) in [4.78, 5) is 26.2. The SMILES string of the molecule is Cc1ccc2c(c1)C(C)(C)C1(C=Cc3cc4c(cc3O1)C(=O)c1ccccc1C4=O)N2. The second-order valence-electron chi connectivity index (χ2n) is 9.11. The van der Waals surface area contributed by atoms with Gasteiger partial charge in [0.05, 0.1) is 5.41 Å². The fourth-order valence-corrected chi connectivity index (χ4v) is 5.02. The number of fused-ring (bicyclic) bond motifs is 4. The maximum Gasteiger partial charge on any atom is 0.209 e. The van der Waals surface area contributed by atoms with Crippen LogP contribution in [0.4, 0.5) is 5.69 Å². The number of aryl methyl sites for hydroxylation is 1. The van der Waals surface area contributed by atoms with Gasteiger partial charge in [0.1, 0.15) is 5.75 Å². The minimum atomic E-state index is -0.774. The molecular weight excluding hydrogens is 386 g/mol. The molecule has 2 heterocycles. The number of carbonyl (C=O) groups excluding carboxylic acids is 2. The first-order chi connectivity index (χ1) is 14.8. The molecule has 3 aliphatic rings. The fraction of sp³-hybridized carbons (Fsp3) is 0.185. The van der Waals surface area contributed by atoms with Gasteiger partial charge in [-0.15, -0.1) is 0 Å².